The fourth-order valence-electron chi connectivity index (χ4n) is 1.97. The first-order valence-electron chi connectivity index (χ1n) is 6.02. The Hall–Kier alpha value is -2.21. The predicted molar refractivity (Wildman–Crippen MR) is 69.9 cm³/mol. The average Bonchev–Trinajstić information content (AvgIpc) is 2.49. The lowest BCUT2D eigenvalue weighted by Gasteiger charge is -2.17. The minimum Gasteiger partial charge on any atom is -0.497 e. The summed E-state index contributed by atoms with van der Waals surface area (Å²) in [6.07, 6.45) is -1.52. The molecule has 0 heterocycles. The van der Waals surface area contributed by atoms with E-state index in [0.29, 0.717) is 17.9 Å². The van der Waals surface area contributed by atoms with Crippen molar-refractivity contribution in [2.24, 2.45) is 0 Å². The molecule has 0 amide bonds. The maximum atomic E-state index is 13.7. The van der Waals surface area contributed by atoms with Crippen LogP contribution in [0, 0.1) is 17.5 Å². The highest BCUT2D eigenvalue weighted by atomic mass is 19.2. The van der Waals surface area contributed by atoms with Gasteiger partial charge in [-0.05, 0) is 24.3 Å². The number of hydrogen-bond donors (Lipinski definition) is 1. The van der Waals surface area contributed by atoms with Crippen LogP contribution in [0.2, 0.25) is 0 Å². The molecule has 3 nitrogen and oxygen atoms in total. The van der Waals surface area contributed by atoms with Gasteiger partial charge in [0.25, 0.3) is 0 Å². The molecule has 0 aliphatic rings. The minimum absolute atomic E-state index is 0.182. The van der Waals surface area contributed by atoms with Crippen LogP contribution in [0.15, 0.2) is 30.3 Å². The van der Waals surface area contributed by atoms with Crippen LogP contribution in [0.3, 0.4) is 0 Å². The van der Waals surface area contributed by atoms with Gasteiger partial charge in [-0.25, -0.2) is 13.2 Å². The molecule has 0 aromatic heterocycles. The second-order valence-electron chi connectivity index (χ2n) is 4.30. The second-order valence-corrected chi connectivity index (χ2v) is 4.30. The molecule has 6 heteroatoms. The van der Waals surface area contributed by atoms with E-state index < -0.39 is 23.6 Å². The van der Waals surface area contributed by atoms with Crippen molar-refractivity contribution in [2.45, 2.75) is 6.10 Å². The van der Waals surface area contributed by atoms with Crippen LogP contribution in [0.1, 0.15) is 17.2 Å². The van der Waals surface area contributed by atoms with Crippen molar-refractivity contribution in [3.05, 3.63) is 58.9 Å². The van der Waals surface area contributed by atoms with Crippen LogP contribution < -0.4 is 9.47 Å². The molecular weight excluding hydrogens is 285 g/mol. The number of methoxy groups -OCH3 is 2. The van der Waals surface area contributed by atoms with Crippen LogP contribution in [-0.2, 0) is 0 Å². The van der Waals surface area contributed by atoms with E-state index >= 15 is 0 Å². The summed E-state index contributed by atoms with van der Waals surface area (Å²) in [6, 6.07) is 5.56. The minimum atomic E-state index is -1.52. The summed E-state index contributed by atoms with van der Waals surface area (Å²) in [5, 5.41) is 10.3. The summed E-state index contributed by atoms with van der Waals surface area (Å²) in [7, 11) is 2.80. The quantitative estimate of drug-likeness (QED) is 0.881. The van der Waals surface area contributed by atoms with E-state index in [1.165, 1.54) is 26.4 Å². The summed E-state index contributed by atoms with van der Waals surface area (Å²) in [5.74, 6) is -2.93. The van der Waals surface area contributed by atoms with Gasteiger partial charge >= 0.3 is 0 Å². The number of halogens is 3. The third kappa shape index (κ3) is 2.95. The number of aliphatic hydroxyl groups excluding tert-OH is 1. The van der Waals surface area contributed by atoms with E-state index in [1.54, 1.807) is 6.07 Å². The summed E-state index contributed by atoms with van der Waals surface area (Å²) in [5.41, 5.74) is -0.206. The zero-order chi connectivity index (χ0) is 15.6. The number of hydrogen-bond acceptors (Lipinski definition) is 3. The molecular formula is C15H13F3O3. The highest BCUT2D eigenvalue weighted by Crippen LogP contribution is 2.34. The molecule has 2 rings (SSSR count). The first kappa shape index (κ1) is 15.2. The lowest BCUT2D eigenvalue weighted by atomic mass is 9.99. The van der Waals surface area contributed by atoms with Crippen molar-refractivity contribution in [3.63, 3.8) is 0 Å². The van der Waals surface area contributed by atoms with Crippen molar-refractivity contribution >= 4 is 0 Å². The molecule has 0 radical (unpaired) electrons. The van der Waals surface area contributed by atoms with E-state index in [1.807, 2.05) is 0 Å². The monoisotopic (exact) mass is 298 g/mol. The molecule has 2 aromatic rings. The van der Waals surface area contributed by atoms with Gasteiger partial charge in [-0.15, -0.1) is 0 Å². The third-order valence-corrected chi connectivity index (χ3v) is 3.07. The highest BCUT2D eigenvalue weighted by Gasteiger charge is 2.22. The maximum Gasteiger partial charge on any atom is 0.161 e. The van der Waals surface area contributed by atoms with Gasteiger partial charge in [0.1, 0.15) is 23.4 Å². The molecule has 0 aliphatic carbocycles. The van der Waals surface area contributed by atoms with Gasteiger partial charge in [0.2, 0.25) is 0 Å². The first-order valence-corrected chi connectivity index (χ1v) is 6.02. The van der Waals surface area contributed by atoms with Crippen molar-refractivity contribution in [2.75, 3.05) is 14.2 Å². The molecule has 0 saturated carbocycles. The Kier molecular flexibility index (Phi) is 4.37. The summed E-state index contributed by atoms with van der Waals surface area (Å²) in [6.45, 7) is 0. The molecule has 0 saturated heterocycles. The molecule has 1 atom stereocenters. The largest absolute Gasteiger partial charge is 0.497 e. The number of aliphatic hydroxyl groups is 1. The average molecular weight is 298 g/mol. The third-order valence-electron chi connectivity index (χ3n) is 3.07. The van der Waals surface area contributed by atoms with Gasteiger partial charge in [-0.3, -0.25) is 0 Å². The Morgan fingerprint density at radius 3 is 2.14 bits per heavy atom. The van der Waals surface area contributed by atoms with Crippen molar-refractivity contribution in [1.29, 1.82) is 0 Å². The highest BCUT2D eigenvalue weighted by molar-refractivity contribution is 5.45. The maximum absolute atomic E-state index is 13.7. The molecule has 0 fully saturated rings. The molecule has 21 heavy (non-hydrogen) atoms. The van der Waals surface area contributed by atoms with Crippen molar-refractivity contribution in [3.8, 4) is 11.5 Å². The van der Waals surface area contributed by atoms with E-state index in [4.69, 9.17) is 9.47 Å². The van der Waals surface area contributed by atoms with E-state index in [9.17, 15) is 18.3 Å². The SMILES string of the molecule is COc1ccc(OC)c(C(O)c2cc(F)c(F)cc2F)c1. The van der Waals surface area contributed by atoms with Crippen molar-refractivity contribution in [1.82, 2.24) is 0 Å². The Labute approximate surface area is 119 Å². The van der Waals surface area contributed by atoms with E-state index in [0.717, 1.165) is 0 Å². The van der Waals surface area contributed by atoms with Gasteiger partial charge < -0.3 is 14.6 Å². The van der Waals surface area contributed by atoms with Crippen LogP contribution in [0.5, 0.6) is 11.5 Å². The molecule has 1 N–H and O–H groups in total. The standard InChI is InChI=1S/C15H13F3O3/c1-20-8-3-4-14(21-2)10(5-8)15(19)9-6-12(17)13(18)7-11(9)16/h3-7,15,19H,1-2H3. The number of rotatable bonds is 4. The zero-order valence-electron chi connectivity index (χ0n) is 11.4. The molecule has 0 bridgehead atoms. The number of benzene rings is 2. The van der Waals surface area contributed by atoms with Gasteiger partial charge in [-0.1, -0.05) is 0 Å². The summed E-state index contributed by atoms with van der Waals surface area (Å²) in [4.78, 5) is 0. The topological polar surface area (TPSA) is 38.7 Å². The fraction of sp³-hybridized carbons (Fsp3) is 0.200. The number of ether oxygens (including phenoxy) is 2. The molecule has 0 aliphatic heterocycles. The fourth-order valence-corrected chi connectivity index (χ4v) is 1.97. The molecule has 1 unspecified atom stereocenters. The van der Waals surface area contributed by atoms with E-state index in [-0.39, 0.29) is 16.9 Å². The van der Waals surface area contributed by atoms with Crippen molar-refractivity contribution < 1.29 is 27.8 Å². The molecule has 0 spiro atoms. The Balaban J connectivity index is 2.53. The summed E-state index contributed by atoms with van der Waals surface area (Å²) < 4.78 is 50.0. The summed E-state index contributed by atoms with van der Waals surface area (Å²) >= 11 is 0. The zero-order valence-corrected chi connectivity index (χ0v) is 11.4. The van der Waals surface area contributed by atoms with Crippen LogP contribution in [0.4, 0.5) is 13.2 Å². The Morgan fingerprint density at radius 1 is 0.857 bits per heavy atom. The smallest absolute Gasteiger partial charge is 0.161 e. The predicted octanol–water partition coefficient (Wildman–Crippen LogP) is 3.20. The van der Waals surface area contributed by atoms with Gasteiger partial charge in [0.05, 0.1) is 14.2 Å². The van der Waals surface area contributed by atoms with Crippen LogP contribution >= 0.6 is 0 Å². The van der Waals surface area contributed by atoms with Crippen LogP contribution in [0.25, 0.3) is 0 Å². The Bertz CT molecular complexity index is 659. The molecule has 2 aromatic carbocycles. The molecule has 112 valence electrons. The Morgan fingerprint density at radius 2 is 1.52 bits per heavy atom. The van der Waals surface area contributed by atoms with Gasteiger partial charge in [-0.2, -0.15) is 0 Å². The van der Waals surface area contributed by atoms with Gasteiger partial charge in [0.15, 0.2) is 11.6 Å². The van der Waals surface area contributed by atoms with Crippen LogP contribution in [-0.4, -0.2) is 19.3 Å². The second kappa shape index (κ2) is 6.05. The lowest BCUT2D eigenvalue weighted by Crippen LogP contribution is -2.06. The van der Waals surface area contributed by atoms with Gasteiger partial charge in [0, 0.05) is 17.2 Å². The first-order chi connectivity index (χ1) is 9.97. The normalized spacial score (nSPS) is 12.1. The van der Waals surface area contributed by atoms with E-state index in [2.05, 4.69) is 0 Å². The lowest BCUT2D eigenvalue weighted by molar-refractivity contribution is 0.208.